The molecule has 0 aliphatic heterocycles. The lowest BCUT2D eigenvalue weighted by Crippen LogP contribution is -1.91. The molecule has 0 aliphatic carbocycles. The molecule has 2 heterocycles. The quantitative estimate of drug-likeness (QED) is 0.167. The van der Waals surface area contributed by atoms with Crippen molar-refractivity contribution in [2.45, 2.75) is 0 Å². The number of thiophene rings is 1. The highest BCUT2D eigenvalue weighted by molar-refractivity contribution is 7.26. The Balaban J connectivity index is 1.07. The van der Waals surface area contributed by atoms with Crippen LogP contribution in [-0.4, -0.2) is 0 Å². The van der Waals surface area contributed by atoms with Crippen molar-refractivity contribution in [3.63, 3.8) is 0 Å². The summed E-state index contributed by atoms with van der Waals surface area (Å²) in [7, 11) is 0. The van der Waals surface area contributed by atoms with E-state index in [4.69, 9.17) is 4.42 Å². The van der Waals surface area contributed by atoms with Crippen molar-refractivity contribution in [3.8, 4) is 33.4 Å². The van der Waals surface area contributed by atoms with Gasteiger partial charge in [0.1, 0.15) is 11.2 Å². The third-order valence-electron chi connectivity index (χ3n) is 11.4. The molecule has 0 radical (unpaired) electrons. The Morgan fingerprint density at radius 1 is 0.333 bits per heavy atom. The van der Waals surface area contributed by atoms with Crippen LogP contribution in [0.15, 0.2) is 186 Å². The first-order valence-corrected chi connectivity index (χ1v) is 19.3. The lowest BCUT2D eigenvalue weighted by atomic mass is 9.85. The van der Waals surface area contributed by atoms with Gasteiger partial charge in [-0.1, -0.05) is 146 Å². The van der Waals surface area contributed by atoms with Crippen LogP contribution in [0.1, 0.15) is 0 Å². The summed E-state index contributed by atoms with van der Waals surface area (Å²) in [5.74, 6) is 0. The molecule has 0 bridgehead atoms. The maximum Gasteiger partial charge on any atom is 0.144 e. The van der Waals surface area contributed by atoms with Crippen molar-refractivity contribution >= 4 is 96.5 Å². The van der Waals surface area contributed by atoms with Crippen LogP contribution in [-0.2, 0) is 0 Å². The molecule has 54 heavy (non-hydrogen) atoms. The Bertz CT molecular complexity index is 3440. The van der Waals surface area contributed by atoms with Gasteiger partial charge in [0, 0.05) is 36.3 Å². The van der Waals surface area contributed by atoms with Gasteiger partial charge in [0.25, 0.3) is 0 Å². The maximum atomic E-state index is 6.56. The van der Waals surface area contributed by atoms with E-state index in [-0.39, 0.29) is 0 Å². The monoisotopic (exact) mass is 702 g/mol. The molecular weight excluding hydrogens is 673 g/mol. The zero-order valence-electron chi connectivity index (χ0n) is 29.1. The molecule has 0 saturated carbocycles. The molecule has 0 aliphatic rings. The number of benzene rings is 10. The molecule has 0 atom stereocenters. The molecule has 250 valence electrons. The predicted octanol–water partition coefficient (Wildman–Crippen LogP) is 15.6. The van der Waals surface area contributed by atoms with Crippen LogP contribution in [0.25, 0.3) is 119 Å². The average molecular weight is 703 g/mol. The summed E-state index contributed by atoms with van der Waals surface area (Å²) in [6.45, 7) is 0. The lowest BCUT2D eigenvalue weighted by molar-refractivity contribution is 0.673. The van der Waals surface area contributed by atoms with E-state index in [9.17, 15) is 0 Å². The van der Waals surface area contributed by atoms with Gasteiger partial charge in [0.05, 0.1) is 0 Å². The van der Waals surface area contributed by atoms with Gasteiger partial charge in [-0.05, 0) is 107 Å². The highest BCUT2D eigenvalue weighted by atomic mass is 32.1. The number of furan rings is 1. The summed E-state index contributed by atoms with van der Waals surface area (Å²) >= 11 is 1.87. The summed E-state index contributed by atoms with van der Waals surface area (Å²) in [6, 6.07) is 66.8. The Morgan fingerprint density at radius 3 is 1.57 bits per heavy atom. The summed E-state index contributed by atoms with van der Waals surface area (Å²) in [4.78, 5) is 0. The van der Waals surface area contributed by atoms with Crippen LogP contribution in [0, 0.1) is 0 Å². The molecule has 10 aromatic carbocycles. The van der Waals surface area contributed by atoms with E-state index in [1.165, 1.54) is 102 Å². The molecule has 0 fully saturated rings. The maximum absolute atomic E-state index is 6.56. The van der Waals surface area contributed by atoms with Crippen molar-refractivity contribution in [2.75, 3.05) is 0 Å². The fourth-order valence-corrected chi connectivity index (χ4v) is 10.2. The molecule has 0 spiro atoms. The van der Waals surface area contributed by atoms with Crippen LogP contribution in [0.5, 0.6) is 0 Å². The molecule has 12 rings (SSSR count). The van der Waals surface area contributed by atoms with E-state index in [1.54, 1.807) is 0 Å². The van der Waals surface area contributed by atoms with E-state index in [1.807, 2.05) is 17.4 Å². The van der Waals surface area contributed by atoms with Crippen molar-refractivity contribution in [2.24, 2.45) is 0 Å². The van der Waals surface area contributed by atoms with Gasteiger partial charge in [-0.15, -0.1) is 11.3 Å². The van der Waals surface area contributed by atoms with E-state index >= 15 is 0 Å². The summed E-state index contributed by atoms with van der Waals surface area (Å²) in [5, 5.41) is 14.8. The smallest absolute Gasteiger partial charge is 0.144 e. The zero-order chi connectivity index (χ0) is 35.3. The SMILES string of the molecule is c1ccc(-c2ccc3cc(-c4c5ccccc5c(-c5ccc6sc7c(ccc8ccc9c%10ccccc%10oc9c87)c6c5)c5ccccc45)ccc3c2)cc1. The van der Waals surface area contributed by atoms with Gasteiger partial charge in [0.15, 0.2) is 0 Å². The molecule has 12 aromatic rings. The highest BCUT2D eigenvalue weighted by Gasteiger charge is 2.19. The van der Waals surface area contributed by atoms with Gasteiger partial charge in [-0.2, -0.15) is 0 Å². The second kappa shape index (κ2) is 11.4. The fourth-order valence-electron chi connectivity index (χ4n) is 8.94. The Labute approximate surface area is 314 Å². The summed E-state index contributed by atoms with van der Waals surface area (Å²) in [5.41, 5.74) is 9.41. The van der Waals surface area contributed by atoms with E-state index in [0.717, 1.165) is 16.6 Å². The van der Waals surface area contributed by atoms with Crippen molar-refractivity contribution in [1.29, 1.82) is 0 Å². The third kappa shape index (κ3) is 4.32. The summed E-state index contributed by atoms with van der Waals surface area (Å²) < 4.78 is 9.12. The molecule has 1 nitrogen and oxygen atoms in total. The van der Waals surface area contributed by atoms with Gasteiger partial charge < -0.3 is 4.42 Å². The number of para-hydroxylation sites is 1. The van der Waals surface area contributed by atoms with E-state index < -0.39 is 0 Å². The Hall–Kier alpha value is -6.74. The molecular formula is C52H30OS. The molecule has 0 unspecified atom stereocenters. The van der Waals surface area contributed by atoms with Crippen molar-refractivity contribution in [3.05, 3.63) is 182 Å². The standard InChI is InChI=1S/C52H30OS/c1-2-10-31(11-3-1)33-18-19-35-29-36(21-20-34(35)28-33)48-39-13-4-6-15-41(39)49(42-16-7-5-14-40(42)48)37-24-27-47-45(30-37)44-26-23-32-22-25-43-38-12-8-9-17-46(38)53-51(43)50(32)52(44)54-47/h1-30H. The minimum atomic E-state index is 0.934. The predicted molar refractivity (Wildman–Crippen MR) is 233 cm³/mol. The molecule has 0 N–H and O–H groups in total. The zero-order valence-corrected chi connectivity index (χ0v) is 30.0. The Kier molecular flexibility index (Phi) is 6.28. The Morgan fingerprint density at radius 2 is 0.870 bits per heavy atom. The first-order valence-electron chi connectivity index (χ1n) is 18.5. The lowest BCUT2D eigenvalue weighted by Gasteiger charge is -2.18. The van der Waals surface area contributed by atoms with Gasteiger partial charge in [-0.25, -0.2) is 0 Å². The minimum absolute atomic E-state index is 0.934. The number of hydrogen-bond acceptors (Lipinski definition) is 2. The average Bonchev–Trinajstić information content (AvgIpc) is 3.81. The minimum Gasteiger partial charge on any atom is -0.455 e. The number of rotatable bonds is 3. The largest absolute Gasteiger partial charge is 0.455 e. The van der Waals surface area contributed by atoms with Crippen LogP contribution in [0.4, 0.5) is 0 Å². The second-order valence-corrected chi connectivity index (χ2v) is 15.4. The third-order valence-corrected chi connectivity index (χ3v) is 12.6. The normalized spacial score (nSPS) is 12.1. The first-order chi connectivity index (χ1) is 26.8. The molecule has 2 heteroatoms. The number of fused-ring (bicyclic) bond motifs is 12. The topological polar surface area (TPSA) is 13.1 Å². The van der Waals surface area contributed by atoms with Gasteiger partial charge in [0.2, 0.25) is 0 Å². The number of hydrogen-bond donors (Lipinski definition) is 0. The van der Waals surface area contributed by atoms with Crippen LogP contribution in [0.3, 0.4) is 0 Å². The first kappa shape index (κ1) is 29.8. The van der Waals surface area contributed by atoms with Crippen molar-refractivity contribution < 1.29 is 4.42 Å². The van der Waals surface area contributed by atoms with Gasteiger partial charge in [-0.3, -0.25) is 0 Å². The van der Waals surface area contributed by atoms with E-state index in [2.05, 4.69) is 176 Å². The van der Waals surface area contributed by atoms with Crippen LogP contribution < -0.4 is 0 Å². The van der Waals surface area contributed by atoms with Gasteiger partial charge >= 0.3 is 0 Å². The molecule has 2 aromatic heterocycles. The van der Waals surface area contributed by atoms with Crippen LogP contribution >= 0.6 is 11.3 Å². The van der Waals surface area contributed by atoms with E-state index in [0.29, 0.717) is 0 Å². The fraction of sp³-hybridized carbons (Fsp3) is 0. The molecule has 0 saturated heterocycles. The van der Waals surface area contributed by atoms with Crippen molar-refractivity contribution in [1.82, 2.24) is 0 Å². The molecule has 0 amide bonds. The highest BCUT2D eigenvalue weighted by Crippen LogP contribution is 2.47. The van der Waals surface area contributed by atoms with Crippen LogP contribution in [0.2, 0.25) is 0 Å². The second-order valence-electron chi connectivity index (χ2n) is 14.4. The summed E-state index contributed by atoms with van der Waals surface area (Å²) in [6.07, 6.45) is 0.